The number of benzene rings is 10. The summed E-state index contributed by atoms with van der Waals surface area (Å²) in [7, 11) is 0. The molecule has 0 saturated carbocycles. The maximum Gasteiger partial charge on any atom is 0.0541 e. The minimum Gasteiger partial charge on any atom is -0.311 e. The molecule has 0 aliphatic rings. The second-order valence-electron chi connectivity index (χ2n) is 15.4. The van der Waals surface area contributed by atoms with Crippen LogP contribution in [-0.2, 0) is 0 Å². The molecule has 0 bridgehead atoms. The number of aryl methyl sites for hydroxylation is 1. The summed E-state index contributed by atoms with van der Waals surface area (Å²) in [5.41, 5.74) is 15.6. The van der Waals surface area contributed by atoms with Crippen molar-refractivity contribution in [1.29, 1.82) is 0 Å². The molecule has 0 atom stereocenters. The number of aromatic nitrogens is 1. The molecule has 0 N–H and O–H groups in total. The van der Waals surface area contributed by atoms with Gasteiger partial charge >= 0.3 is 0 Å². The van der Waals surface area contributed by atoms with Crippen LogP contribution in [0.1, 0.15) is 5.56 Å². The predicted octanol–water partition coefficient (Wildman–Crippen LogP) is 15.9. The lowest BCUT2D eigenvalue weighted by atomic mass is 9.86. The molecule has 2 heteroatoms. The zero-order valence-corrected chi connectivity index (χ0v) is 32.8. The van der Waals surface area contributed by atoms with E-state index in [4.69, 9.17) is 0 Å². The number of anilines is 3. The van der Waals surface area contributed by atoms with Crippen molar-refractivity contribution in [2.75, 3.05) is 4.90 Å². The molecule has 0 amide bonds. The number of rotatable bonds is 7. The first kappa shape index (κ1) is 34.6. The minimum absolute atomic E-state index is 1.12. The Kier molecular flexibility index (Phi) is 8.41. The molecular formula is C57H40N2. The van der Waals surface area contributed by atoms with E-state index in [1.54, 1.807) is 0 Å². The van der Waals surface area contributed by atoms with E-state index in [1.807, 2.05) is 0 Å². The summed E-state index contributed by atoms with van der Waals surface area (Å²) in [5.74, 6) is 0. The van der Waals surface area contributed by atoms with E-state index < -0.39 is 0 Å². The Labute approximate surface area is 344 Å². The highest BCUT2D eigenvalue weighted by Crippen LogP contribution is 2.44. The van der Waals surface area contributed by atoms with E-state index in [2.05, 4.69) is 241 Å². The second-order valence-corrected chi connectivity index (χ2v) is 15.4. The first-order chi connectivity index (χ1) is 29.2. The average Bonchev–Trinajstić information content (AvgIpc) is 3.62. The lowest BCUT2D eigenvalue weighted by molar-refractivity contribution is 1.18. The van der Waals surface area contributed by atoms with Crippen LogP contribution in [0, 0.1) is 6.92 Å². The third kappa shape index (κ3) is 5.97. The summed E-state index contributed by atoms with van der Waals surface area (Å²) >= 11 is 0. The van der Waals surface area contributed by atoms with E-state index in [1.165, 1.54) is 82.3 Å². The highest BCUT2D eigenvalue weighted by molar-refractivity contribution is 6.21. The Bertz CT molecular complexity index is 3200. The molecule has 0 saturated heterocycles. The third-order valence-corrected chi connectivity index (χ3v) is 11.8. The molecule has 0 spiro atoms. The van der Waals surface area contributed by atoms with Gasteiger partial charge in [-0.2, -0.15) is 0 Å². The van der Waals surface area contributed by atoms with E-state index >= 15 is 0 Å². The van der Waals surface area contributed by atoms with Gasteiger partial charge in [0.2, 0.25) is 0 Å². The summed E-state index contributed by atoms with van der Waals surface area (Å²) in [6.45, 7) is 2.18. The van der Waals surface area contributed by atoms with E-state index in [0.29, 0.717) is 0 Å². The van der Waals surface area contributed by atoms with Gasteiger partial charge in [-0.15, -0.1) is 0 Å². The van der Waals surface area contributed by atoms with Crippen LogP contribution in [0.25, 0.3) is 82.4 Å². The predicted molar refractivity (Wildman–Crippen MR) is 252 cm³/mol. The fraction of sp³-hybridized carbons (Fsp3) is 0.0175. The van der Waals surface area contributed by atoms with Gasteiger partial charge in [-0.1, -0.05) is 157 Å². The van der Waals surface area contributed by atoms with Gasteiger partial charge < -0.3 is 9.47 Å². The van der Waals surface area contributed by atoms with Crippen molar-refractivity contribution in [3.05, 3.63) is 230 Å². The Balaban J connectivity index is 1.00. The highest BCUT2D eigenvalue weighted by atomic mass is 15.1. The molecule has 59 heavy (non-hydrogen) atoms. The van der Waals surface area contributed by atoms with E-state index in [-0.39, 0.29) is 0 Å². The quantitative estimate of drug-likeness (QED) is 0.147. The molecule has 278 valence electrons. The van der Waals surface area contributed by atoms with Crippen LogP contribution in [0.5, 0.6) is 0 Å². The molecule has 10 aromatic carbocycles. The van der Waals surface area contributed by atoms with Crippen molar-refractivity contribution in [2.24, 2.45) is 0 Å². The lowest BCUT2D eigenvalue weighted by Crippen LogP contribution is -2.09. The fourth-order valence-corrected chi connectivity index (χ4v) is 9.13. The molecule has 1 heterocycles. The van der Waals surface area contributed by atoms with Crippen molar-refractivity contribution >= 4 is 60.4 Å². The number of hydrogen-bond acceptors (Lipinski definition) is 1. The Hall–Kier alpha value is -7.68. The number of nitrogens with zero attached hydrogens (tertiary/aromatic N) is 2. The van der Waals surface area contributed by atoms with E-state index in [0.717, 1.165) is 22.7 Å². The normalized spacial score (nSPS) is 11.5. The molecule has 0 radical (unpaired) electrons. The molecule has 0 fully saturated rings. The van der Waals surface area contributed by atoms with Crippen LogP contribution < -0.4 is 4.90 Å². The average molecular weight is 753 g/mol. The molecule has 2 nitrogen and oxygen atoms in total. The van der Waals surface area contributed by atoms with E-state index in [9.17, 15) is 0 Å². The molecular weight excluding hydrogens is 713 g/mol. The molecule has 11 rings (SSSR count). The largest absolute Gasteiger partial charge is 0.311 e. The monoisotopic (exact) mass is 752 g/mol. The van der Waals surface area contributed by atoms with Gasteiger partial charge in [0, 0.05) is 33.5 Å². The van der Waals surface area contributed by atoms with Gasteiger partial charge in [-0.25, -0.2) is 0 Å². The third-order valence-electron chi connectivity index (χ3n) is 11.8. The number of para-hydroxylation sites is 2. The standard InChI is InChI=1S/C57H40N2/c1-39-25-35-54-52(37-39)53-38-43(40-26-31-46(32-27-40)58(44-17-7-3-8-18-44)45-19-9-4-10-20-45)30-36-55(53)59(54)47-33-28-42(29-34-47)57-50-23-13-11-21-48(50)56(41-15-5-2-6-16-41)49-22-12-14-24-51(49)57/h2-38H,1H3. The first-order valence-electron chi connectivity index (χ1n) is 20.3. The van der Waals surface area contributed by atoms with Gasteiger partial charge in [-0.3, -0.25) is 0 Å². The summed E-state index contributed by atoms with van der Waals surface area (Å²) in [4.78, 5) is 2.30. The maximum atomic E-state index is 2.42. The Morgan fingerprint density at radius 3 is 1.25 bits per heavy atom. The Morgan fingerprint density at radius 2 is 0.712 bits per heavy atom. The van der Waals surface area contributed by atoms with Crippen LogP contribution in [-0.4, -0.2) is 4.57 Å². The smallest absolute Gasteiger partial charge is 0.0541 e. The topological polar surface area (TPSA) is 8.17 Å². The van der Waals surface area contributed by atoms with Crippen molar-refractivity contribution in [3.63, 3.8) is 0 Å². The fourth-order valence-electron chi connectivity index (χ4n) is 9.13. The zero-order chi connectivity index (χ0) is 39.3. The minimum atomic E-state index is 1.12. The summed E-state index contributed by atoms with van der Waals surface area (Å²) in [6, 6.07) is 81.6. The summed E-state index contributed by atoms with van der Waals surface area (Å²) < 4.78 is 2.42. The van der Waals surface area contributed by atoms with Gasteiger partial charge in [0.15, 0.2) is 0 Å². The van der Waals surface area contributed by atoms with Crippen LogP contribution in [0.3, 0.4) is 0 Å². The van der Waals surface area contributed by atoms with Gasteiger partial charge in [0.1, 0.15) is 0 Å². The SMILES string of the molecule is Cc1ccc2c(c1)c1cc(-c3ccc(N(c4ccccc4)c4ccccc4)cc3)ccc1n2-c1ccc(-c2c3ccccc3c(-c3ccccc3)c3ccccc23)cc1. The molecule has 1 aromatic heterocycles. The van der Waals surface area contributed by atoms with Crippen LogP contribution in [0.2, 0.25) is 0 Å². The van der Waals surface area contributed by atoms with Gasteiger partial charge in [-0.05, 0) is 135 Å². The molecule has 0 unspecified atom stereocenters. The van der Waals surface area contributed by atoms with Crippen molar-refractivity contribution < 1.29 is 0 Å². The molecule has 11 aromatic rings. The van der Waals surface area contributed by atoms with Crippen molar-refractivity contribution in [2.45, 2.75) is 6.92 Å². The van der Waals surface area contributed by atoms with Crippen LogP contribution >= 0.6 is 0 Å². The molecule has 0 aliphatic carbocycles. The summed E-state index contributed by atoms with van der Waals surface area (Å²) in [6.07, 6.45) is 0. The molecule has 0 aliphatic heterocycles. The maximum absolute atomic E-state index is 2.42. The second kappa shape index (κ2) is 14.4. The van der Waals surface area contributed by atoms with Gasteiger partial charge in [0.25, 0.3) is 0 Å². The van der Waals surface area contributed by atoms with Crippen LogP contribution in [0.4, 0.5) is 17.1 Å². The van der Waals surface area contributed by atoms with Crippen molar-refractivity contribution in [3.8, 4) is 39.1 Å². The summed E-state index contributed by atoms with van der Waals surface area (Å²) in [5, 5.41) is 7.57. The highest BCUT2D eigenvalue weighted by Gasteiger charge is 2.19. The van der Waals surface area contributed by atoms with Gasteiger partial charge in [0.05, 0.1) is 11.0 Å². The lowest BCUT2D eigenvalue weighted by Gasteiger charge is -2.25. The Morgan fingerprint density at radius 1 is 0.305 bits per heavy atom. The van der Waals surface area contributed by atoms with Crippen LogP contribution in [0.15, 0.2) is 224 Å². The first-order valence-corrected chi connectivity index (χ1v) is 20.3. The van der Waals surface area contributed by atoms with Crippen molar-refractivity contribution in [1.82, 2.24) is 4.57 Å². The zero-order valence-electron chi connectivity index (χ0n) is 32.8. The number of fused-ring (bicyclic) bond motifs is 5. The number of hydrogen-bond donors (Lipinski definition) is 0.